The van der Waals surface area contributed by atoms with E-state index in [1.807, 2.05) is 38.1 Å². The Kier molecular flexibility index (Phi) is 6.87. The van der Waals surface area contributed by atoms with Crippen LogP contribution in [0.4, 0.5) is 0 Å². The quantitative estimate of drug-likeness (QED) is 0.868. The van der Waals surface area contributed by atoms with E-state index in [-0.39, 0.29) is 11.5 Å². The highest BCUT2D eigenvalue weighted by atomic mass is 35.5. The van der Waals surface area contributed by atoms with Crippen molar-refractivity contribution < 1.29 is 5.11 Å². The molecule has 94 valence electrons. The number of hydrogen-bond donors (Lipinski definition) is 1. The van der Waals surface area contributed by atoms with Crippen molar-refractivity contribution in [2.45, 2.75) is 45.6 Å². The third kappa shape index (κ3) is 5.72. The van der Waals surface area contributed by atoms with E-state index in [0.29, 0.717) is 5.02 Å². The minimum atomic E-state index is -0.384. The summed E-state index contributed by atoms with van der Waals surface area (Å²) in [5.41, 5.74) is 0.645. The van der Waals surface area contributed by atoms with E-state index < -0.39 is 0 Å². The number of aliphatic hydroxyl groups excluding tert-OH is 1. The molecular weight excluding hydrogens is 234 g/mol. The fraction of sp³-hybridized carbons (Fsp3) is 0.500. The van der Waals surface area contributed by atoms with Crippen molar-refractivity contribution in [1.29, 1.82) is 5.26 Å². The second kappa shape index (κ2) is 7.32. The molecule has 0 aromatic heterocycles. The number of rotatable bonds is 2. The van der Waals surface area contributed by atoms with Gasteiger partial charge >= 0.3 is 0 Å². The topological polar surface area (TPSA) is 44.0 Å². The van der Waals surface area contributed by atoms with Crippen LogP contribution in [0.1, 0.15) is 39.7 Å². The second-order valence-corrected chi connectivity index (χ2v) is 4.83. The molecule has 0 radical (unpaired) electrons. The molecule has 1 unspecified atom stereocenters. The summed E-state index contributed by atoms with van der Waals surface area (Å²) in [6.45, 7) is 7.40. The largest absolute Gasteiger partial charge is 0.394 e. The van der Waals surface area contributed by atoms with E-state index in [1.165, 1.54) is 0 Å². The lowest BCUT2D eigenvalue weighted by Crippen LogP contribution is -2.17. The Morgan fingerprint density at radius 3 is 2.06 bits per heavy atom. The molecule has 0 fully saturated rings. The zero-order chi connectivity index (χ0) is 13.5. The fourth-order valence-corrected chi connectivity index (χ4v) is 1.29. The molecule has 1 N–H and O–H groups in total. The van der Waals surface area contributed by atoms with Crippen LogP contribution < -0.4 is 0 Å². The number of halogens is 1. The molecule has 1 aromatic rings. The molecule has 1 atom stereocenters. The van der Waals surface area contributed by atoms with Gasteiger partial charge in [-0.15, -0.1) is 0 Å². The van der Waals surface area contributed by atoms with Crippen molar-refractivity contribution in [2.24, 2.45) is 0 Å². The first-order chi connectivity index (χ1) is 7.85. The normalized spacial score (nSPS) is 13.3. The highest BCUT2D eigenvalue weighted by Gasteiger charge is 2.23. The molecular formula is C14H20ClNO. The fourth-order valence-electron chi connectivity index (χ4n) is 1.17. The van der Waals surface area contributed by atoms with Gasteiger partial charge in [-0.2, -0.15) is 5.26 Å². The van der Waals surface area contributed by atoms with E-state index in [1.54, 1.807) is 13.8 Å². The van der Waals surface area contributed by atoms with E-state index in [4.69, 9.17) is 22.0 Å². The lowest BCUT2D eigenvalue weighted by molar-refractivity contribution is 0.216. The molecule has 17 heavy (non-hydrogen) atoms. The highest BCUT2D eigenvalue weighted by molar-refractivity contribution is 6.30. The van der Waals surface area contributed by atoms with Crippen LogP contribution in [0.2, 0.25) is 5.02 Å². The van der Waals surface area contributed by atoms with Gasteiger partial charge in [0.1, 0.15) is 0 Å². The minimum Gasteiger partial charge on any atom is -0.394 e. The van der Waals surface area contributed by atoms with Gasteiger partial charge in [0.25, 0.3) is 0 Å². The van der Waals surface area contributed by atoms with E-state index >= 15 is 0 Å². The molecule has 0 bridgehead atoms. The van der Waals surface area contributed by atoms with Crippen molar-refractivity contribution in [3.63, 3.8) is 0 Å². The Morgan fingerprint density at radius 1 is 1.35 bits per heavy atom. The van der Waals surface area contributed by atoms with Crippen LogP contribution in [-0.4, -0.2) is 11.2 Å². The SMILES string of the molecule is CC(C)O.CCC(C)(C#N)c1ccc(Cl)cc1. The predicted molar refractivity (Wildman–Crippen MR) is 72.1 cm³/mol. The number of benzene rings is 1. The number of aliphatic hydroxyl groups is 1. The van der Waals surface area contributed by atoms with Gasteiger partial charge < -0.3 is 5.11 Å². The van der Waals surface area contributed by atoms with E-state index in [2.05, 4.69) is 6.07 Å². The van der Waals surface area contributed by atoms with Gasteiger partial charge in [0.15, 0.2) is 0 Å². The van der Waals surface area contributed by atoms with Gasteiger partial charge in [-0.25, -0.2) is 0 Å². The van der Waals surface area contributed by atoms with Crippen LogP contribution in [0.15, 0.2) is 24.3 Å². The average molecular weight is 254 g/mol. The molecule has 0 spiro atoms. The van der Waals surface area contributed by atoms with Crippen LogP contribution in [0.5, 0.6) is 0 Å². The molecule has 0 saturated carbocycles. The molecule has 0 heterocycles. The maximum Gasteiger partial charge on any atom is 0.0791 e. The van der Waals surface area contributed by atoms with Crippen LogP contribution >= 0.6 is 11.6 Å². The number of nitriles is 1. The minimum absolute atomic E-state index is 0.167. The van der Waals surface area contributed by atoms with Crippen LogP contribution in [0.3, 0.4) is 0 Å². The van der Waals surface area contributed by atoms with Crippen molar-refractivity contribution in [2.75, 3.05) is 0 Å². The Bertz CT molecular complexity index is 364. The maximum absolute atomic E-state index is 9.03. The third-order valence-corrected chi connectivity index (χ3v) is 2.69. The van der Waals surface area contributed by atoms with Gasteiger partial charge in [-0.1, -0.05) is 30.7 Å². The van der Waals surface area contributed by atoms with Crippen molar-refractivity contribution in [3.8, 4) is 6.07 Å². The summed E-state index contributed by atoms with van der Waals surface area (Å²) < 4.78 is 0. The predicted octanol–water partition coefficient (Wildman–Crippen LogP) is 3.92. The van der Waals surface area contributed by atoms with Gasteiger partial charge in [-0.05, 0) is 44.9 Å². The average Bonchev–Trinajstić information content (AvgIpc) is 2.28. The van der Waals surface area contributed by atoms with Gasteiger partial charge in [-0.3, -0.25) is 0 Å². The summed E-state index contributed by atoms with van der Waals surface area (Å²) in [6.07, 6.45) is 0.644. The first kappa shape index (κ1) is 16.0. The lowest BCUT2D eigenvalue weighted by atomic mass is 9.82. The van der Waals surface area contributed by atoms with Crippen LogP contribution in [0, 0.1) is 11.3 Å². The van der Waals surface area contributed by atoms with E-state index in [9.17, 15) is 0 Å². The summed E-state index contributed by atoms with van der Waals surface area (Å²) in [6, 6.07) is 9.79. The van der Waals surface area contributed by atoms with Crippen molar-refractivity contribution in [3.05, 3.63) is 34.9 Å². The Balaban J connectivity index is 0.000000557. The third-order valence-electron chi connectivity index (χ3n) is 2.44. The Hall–Kier alpha value is -1.04. The molecule has 0 amide bonds. The Morgan fingerprint density at radius 2 is 1.76 bits per heavy atom. The van der Waals surface area contributed by atoms with Crippen LogP contribution in [0.25, 0.3) is 0 Å². The zero-order valence-electron chi connectivity index (χ0n) is 10.9. The molecule has 0 aliphatic heterocycles. The molecule has 0 aliphatic rings. The Labute approximate surface area is 109 Å². The second-order valence-electron chi connectivity index (χ2n) is 4.40. The van der Waals surface area contributed by atoms with Crippen LogP contribution in [-0.2, 0) is 5.41 Å². The summed E-state index contributed by atoms with van der Waals surface area (Å²) in [7, 11) is 0. The van der Waals surface area contributed by atoms with Gasteiger partial charge in [0.05, 0.1) is 11.5 Å². The van der Waals surface area contributed by atoms with Crippen molar-refractivity contribution >= 4 is 11.6 Å². The first-order valence-corrected chi connectivity index (χ1v) is 6.09. The molecule has 0 aliphatic carbocycles. The molecule has 0 saturated heterocycles. The molecule has 2 nitrogen and oxygen atoms in total. The molecule has 1 rings (SSSR count). The summed E-state index contributed by atoms with van der Waals surface area (Å²) in [5.74, 6) is 0. The maximum atomic E-state index is 9.03. The van der Waals surface area contributed by atoms with Gasteiger partial charge in [0, 0.05) is 11.1 Å². The van der Waals surface area contributed by atoms with Gasteiger partial charge in [0.2, 0.25) is 0 Å². The summed E-state index contributed by atoms with van der Waals surface area (Å²) >= 11 is 5.77. The lowest BCUT2D eigenvalue weighted by Gasteiger charge is -2.19. The number of hydrogen-bond acceptors (Lipinski definition) is 2. The standard InChI is InChI=1S/C11H12ClN.C3H8O/c1-3-11(2,8-13)9-4-6-10(12)7-5-9;1-3(2)4/h4-7H,3H2,1-2H3;3-4H,1-2H3. The highest BCUT2D eigenvalue weighted by Crippen LogP contribution is 2.27. The van der Waals surface area contributed by atoms with Crippen molar-refractivity contribution in [1.82, 2.24) is 0 Å². The monoisotopic (exact) mass is 253 g/mol. The van der Waals surface area contributed by atoms with E-state index in [0.717, 1.165) is 12.0 Å². The smallest absolute Gasteiger partial charge is 0.0791 e. The summed E-state index contributed by atoms with van der Waals surface area (Å²) in [4.78, 5) is 0. The molecule has 3 heteroatoms. The molecule has 1 aromatic carbocycles. The first-order valence-electron chi connectivity index (χ1n) is 5.71. The summed E-state index contributed by atoms with van der Waals surface area (Å²) in [5, 5.41) is 17.8. The number of nitrogens with zero attached hydrogens (tertiary/aromatic N) is 1. The zero-order valence-corrected chi connectivity index (χ0v) is 11.6.